The molecule has 0 aliphatic rings. The van der Waals surface area contributed by atoms with Crippen LogP contribution in [0.3, 0.4) is 0 Å². The minimum atomic E-state index is -0.392. The Kier molecular flexibility index (Phi) is 6.83. The molecule has 8 heteroatoms. The number of nitrogens with zero attached hydrogens (tertiary/aromatic N) is 1. The number of aryl methyl sites for hydroxylation is 1. The number of carbonyl (C=O) groups excluding carboxylic acids is 1. The van der Waals surface area contributed by atoms with Gasteiger partial charge in [-0.05, 0) is 64.3 Å². The summed E-state index contributed by atoms with van der Waals surface area (Å²) in [5.74, 6) is 0.573. The number of nitrogens with one attached hydrogen (secondary N) is 1. The lowest BCUT2D eigenvalue weighted by Gasteiger charge is -2.10. The second kappa shape index (κ2) is 8.87. The van der Waals surface area contributed by atoms with Crippen LogP contribution in [0, 0.1) is 6.92 Å². The van der Waals surface area contributed by atoms with Crippen molar-refractivity contribution in [2.75, 3.05) is 13.7 Å². The number of methoxy groups -OCH3 is 1. The van der Waals surface area contributed by atoms with E-state index >= 15 is 0 Å². The molecule has 0 saturated carbocycles. The predicted octanol–water partition coefficient (Wildman–Crippen LogP) is 3.76. The van der Waals surface area contributed by atoms with Gasteiger partial charge < -0.3 is 14.6 Å². The van der Waals surface area contributed by atoms with Crippen molar-refractivity contribution >= 4 is 44.0 Å². The maximum absolute atomic E-state index is 11.8. The van der Waals surface area contributed by atoms with E-state index in [4.69, 9.17) is 9.47 Å². The number of rotatable bonds is 6. The number of aromatic hydroxyl groups is 1. The quantitative estimate of drug-likeness (QED) is 0.496. The van der Waals surface area contributed by atoms with Crippen LogP contribution in [0.15, 0.2) is 44.4 Å². The number of hydrogen-bond acceptors (Lipinski definition) is 5. The average molecular weight is 472 g/mol. The number of phenols is 1. The van der Waals surface area contributed by atoms with Crippen molar-refractivity contribution in [3.8, 4) is 17.2 Å². The zero-order valence-corrected chi connectivity index (χ0v) is 16.7. The molecule has 0 heterocycles. The van der Waals surface area contributed by atoms with E-state index in [-0.39, 0.29) is 12.4 Å². The van der Waals surface area contributed by atoms with E-state index in [1.165, 1.54) is 19.4 Å². The second-order valence-electron chi connectivity index (χ2n) is 5.05. The van der Waals surface area contributed by atoms with Crippen LogP contribution in [0.1, 0.15) is 11.1 Å². The maximum Gasteiger partial charge on any atom is 0.277 e. The minimum absolute atomic E-state index is 0.0348. The van der Waals surface area contributed by atoms with Gasteiger partial charge in [-0.1, -0.05) is 15.9 Å². The van der Waals surface area contributed by atoms with E-state index in [9.17, 15) is 9.90 Å². The van der Waals surface area contributed by atoms with Crippen molar-refractivity contribution in [1.29, 1.82) is 0 Å². The first-order valence-electron chi connectivity index (χ1n) is 7.18. The summed E-state index contributed by atoms with van der Waals surface area (Å²) in [6, 6.07) is 8.47. The molecule has 2 aromatic carbocycles. The third-order valence-corrected chi connectivity index (χ3v) is 4.20. The van der Waals surface area contributed by atoms with Gasteiger partial charge in [0.2, 0.25) is 0 Å². The smallest absolute Gasteiger partial charge is 0.277 e. The van der Waals surface area contributed by atoms with Crippen molar-refractivity contribution in [3.05, 3.63) is 50.4 Å². The zero-order chi connectivity index (χ0) is 18.4. The molecule has 0 spiro atoms. The number of carbonyl (C=O) groups is 1. The summed E-state index contributed by atoms with van der Waals surface area (Å²) < 4.78 is 12.2. The molecular weight excluding hydrogens is 456 g/mol. The van der Waals surface area contributed by atoms with E-state index in [0.29, 0.717) is 17.1 Å². The lowest BCUT2D eigenvalue weighted by atomic mass is 10.2. The Morgan fingerprint density at radius 1 is 1.32 bits per heavy atom. The van der Waals surface area contributed by atoms with Crippen molar-refractivity contribution in [1.82, 2.24) is 5.43 Å². The van der Waals surface area contributed by atoms with Gasteiger partial charge in [-0.2, -0.15) is 5.10 Å². The minimum Gasteiger partial charge on any atom is -0.504 e. The molecule has 0 unspecified atom stereocenters. The van der Waals surface area contributed by atoms with Gasteiger partial charge in [-0.15, -0.1) is 0 Å². The van der Waals surface area contributed by atoms with Crippen LogP contribution in [0.4, 0.5) is 0 Å². The molecule has 0 aliphatic carbocycles. The standard InChI is InChI=1S/C17H16Br2N2O4/c1-10-5-12(18)7-13(19)17(10)25-9-16(23)21-20-8-11-3-4-14(22)15(6-11)24-2/h3-8,22H,9H2,1-2H3,(H,21,23). The topological polar surface area (TPSA) is 80.2 Å². The first-order chi connectivity index (χ1) is 11.9. The first-order valence-corrected chi connectivity index (χ1v) is 8.76. The highest BCUT2D eigenvalue weighted by atomic mass is 79.9. The van der Waals surface area contributed by atoms with E-state index in [1.807, 2.05) is 19.1 Å². The molecule has 0 aliphatic heterocycles. The Morgan fingerprint density at radius 3 is 2.76 bits per heavy atom. The van der Waals surface area contributed by atoms with Gasteiger partial charge in [-0.3, -0.25) is 4.79 Å². The molecule has 25 heavy (non-hydrogen) atoms. The number of benzene rings is 2. The van der Waals surface area contributed by atoms with Crippen molar-refractivity contribution in [2.45, 2.75) is 6.92 Å². The van der Waals surface area contributed by atoms with Crippen molar-refractivity contribution in [3.63, 3.8) is 0 Å². The normalized spacial score (nSPS) is 10.7. The summed E-state index contributed by atoms with van der Waals surface area (Å²) >= 11 is 6.79. The molecule has 0 bridgehead atoms. The fraction of sp³-hybridized carbons (Fsp3) is 0.176. The summed E-state index contributed by atoms with van der Waals surface area (Å²) in [5, 5.41) is 13.4. The SMILES string of the molecule is COc1cc(C=NNC(=O)COc2c(C)cc(Br)cc2Br)ccc1O. The average Bonchev–Trinajstić information content (AvgIpc) is 2.55. The fourth-order valence-electron chi connectivity index (χ4n) is 2.00. The maximum atomic E-state index is 11.8. The van der Waals surface area contributed by atoms with Crippen LogP contribution in [-0.4, -0.2) is 30.9 Å². The monoisotopic (exact) mass is 470 g/mol. The van der Waals surface area contributed by atoms with Gasteiger partial charge in [0.05, 0.1) is 17.8 Å². The predicted molar refractivity (Wildman–Crippen MR) is 102 cm³/mol. The number of hydrogen-bond donors (Lipinski definition) is 2. The van der Waals surface area contributed by atoms with Gasteiger partial charge in [0, 0.05) is 4.47 Å². The molecule has 2 aromatic rings. The highest BCUT2D eigenvalue weighted by Gasteiger charge is 2.09. The number of ether oxygens (including phenoxy) is 2. The van der Waals surface area contributed by atoms with Gasteiger partial charge in [0.1, 0.15) is 5.75 Å². The van der Waals surface area contributed by atoms with Crippen LogP contribution in [0.5, 0.6) is 17.2 Å². The van der Waals surface area contributed by atoms with Crippen molar-refractivity contribution in [2.24, 2.45) is 5.10 Å². The molecule has 6 nitrogen and oxygen atoms in total. The summed E-state index contributed by atoms with van der Waals surface area (Å²) in [7, 11) is 1.46. The molecule has 0 radical (unpaired) electrons. The number of halogens is 2. The third-order valence-electron chi connectivity index (χ3n) is 3.15. The van der Waals surface area contributed by atoms with Gasteiger partial charge in [0.25, 0.3) is 5.91 Å². The van der Waals surface area contributed by atoms with E-state index < -0.39 is 5.91 Å². The van der Waals surface area contributed by atoms with Gasteiger partial charge >= 0.3 is 0 Å². The lowest BCUT2D eigenvalue weighted by molar-refractivity contribution is -0.123. The molecular formula is C17H16Br2N2O4. The number of hydrazone groups is 1. The molecule has 0 fully saturated rings. The molecule has 0 saturated heterocycles. The Balaban J connectivity index is 1.91. The molecule has 132 valence electrons. The van der Waals surface area contributed by atoms with Gasteiger partial charge in [-0.25, -0.2) is 5.43 Å². The number of phenolic OH excluding ortho intramolecular Hbond substituents is 1. The van der Waals surface area contributed by atoms with E-state index in [2.05, 4.69) is 42.4 Å². The fourth-order valence-corrected chi connectivity index (χ4v) is 3.55. The lowest BCUT2D eigenvalue weighted by Crippen LogP contribution is -2.24. The Morgan fingerprint density at radius 2 is 2.08 bits per heavy atom. The Bertz CT molecular complexity index is 786. The van der Waals surface area contributed by atoms with Crippen LogP contribution in [-0.2, 0) is 4.79 Å². The summed E-state index contributed by atoms with van der Waals surface area (Å²) in [6.45, 7) is 1.72. The summed E-state index contributed by atoms with van der Waals surface area (Å²) in [4.78, 5) is 11.8. The largest absolute Gasteiger partial charge is 0.504 e. The molecule has 0 aromatic heterocycles. The molecule has 0 atom stereocenters. The summed E-state index contributed by atoms with van der Waals surface area (Å²) in [5.41, 5.74) is 3.95. The second-order valence-corrected chi connectivity index (χ2v) is 6.82. The van der Waals surface area contributed by atoms with Gasteiger partial charge in [0.15, 0.2) is 18.1 Å². The highest BCUT2D eigenvalue weighted by Crippen LogP contribution is 2.32. The highest BCUT2D eigenvalue weighted by molar-refractivity contribution is 9.11. The van der Waals surface area contributed by atoms with Crippen LogP contribution >= 0.6 is 31.9 Å². The summed E-state index contributed by atoms with van der Waals surface area (Å²) in [6.07, 6.45) is 1.45. The van der Waals surface area contributed by atoms with E-state index in [0.717, 1.165) is 14.5 Å². The molecule has 1 amide bonds. The van der Waals surface area contributed by atoms with Crippen LogP contribution in [0.2, 0.25) is 0 Å². The molecule has 2 N–H and O–H groups in total. The van der Waals surface area contributed by atoms with Crippen LogP contribution < -0.4 is 14.9 Å². The molecule has 2 rings (SSSR count). The van der Waals surface area contributed by atoms with Crippen LogP contribution in [0.25, 0.3) is 0 Å². The van der Waals surface area contributed by atoms with Crippen molar-refractivity contribution < 1.29 is 19.4 Å². The zero-order valence-electron chi connectivity index (χ0n) is 13.5. The Labute approximate surface area is 162 Å². The third kappa shape index (κ3) is 5.47. The first kappa shape index (κ1) is 19.3. The van der Waals surface area contributed by atoms with E-state index in [1.54, 1.807) is 12.1 Å². The number of amides is 1. The Hall–Kier alpha value is -2.06.